The van der Waals surface area contributed by atoms with Crippen LogP contribution in [0, 0.1) is 0 Å². The first-order chi connectivity index (χ1) is 9.19. The minimum atomic E-state index is -1.43. The molecule has 0 radical (unpaired) electrons. The molecule has 0 bridgehead atoms. The number of hydrogen-bond acceptors (Lipinski definition) is 4. The van der Waals surface area contributed by atoms with Gasteiger partial charge < -0.3 is 4.23 Å². The van der Waals surface area contributed by atoms with Gasteiger partial charge in [-0.15, -0.1) is 0 Å². The Morgan fingerprint density at radius 1 is 1.30 bits per heavy atom. The molecule has 4 nitrogen and oxygen atoms in total. The number of thiol groups is 1. The van der Waals surface area contributed by atoms with E-state index < -0.39 is 16.5 Å². The van der Waals surface area contributed by atoms with Crippen LogP contribution in [0.4, 0.5) is 5.69 Å². The number of anilines is 1. The van der Waals surface area contributed by atoms with E-state index in [0.29, 0.717) is 0 Å². The number of aryl methyl sites for hydroxylation is 1. The molecule has 1 aromatic heterocycles. The summed E-state index contributed by atoms with van der Waals surface area (Å²) in [4.78, 5) is 20.0. The molecule has 0 unspecified atom stereocenters. The molecule has 2 heterocycles. The zero-order valence-electron chi connectivity index (χ0n) is 12.9. The Morgan fingerprint density at radius 3 is 2.30 bits per heavy atom. The third-order valence-corrected chi connectivity index (χ3v) is 14.4. The van der Waals surface area contributed by atoms with Crippen LogP contribution in [-0.4, -0.2) is 31.6 Å². The fraction of sp³-hybridized carbons (Fsp3) is 0.615. The zero-order chi connectivity index (χ0) is 15.1. The van der Waals surface area contributed by atoms with Gasteiger partial charge in [-0.25, -0.2) is 9.97 Å². The van der Waals surface area contributed by atoms with Crippen LogP contribution < -0.4 is 4.23 Å². The molecular weight excluding hydrogens is 302 g/mol. The smallest absolute Gasteiger partial charge is 0.253 e. The Kier molecular flexibility index (Phi) is 4.14. The van der Waals surface area contributed by atoms with Gasteiger partial charge >= 0.3 is 0 Å². The van der Waals surface area contributed by atoms with Gasteiger partial charge in [0.1, 0.15) is 16.5 Å². The summed E-state index contributed by atoms with van der Waals surface area (Å²) in [7, 11) is -2.85. The molecule has 0 amide bonds. The third-order valence-electron chi connectivity index (χ3n) is 4.17. The predicted molar refractivity (Wildman–Crippen MR) is 91.8 cm³/mol. The summed E-state index contributed by atoms with van der Waals surface area (Å²) in [5.74, 6) is 0.215. The van der Waals surface area contributed by atoms with Gasteiger partial charge in [-0.05, 0) is 18.5 Å². The number of nitrogens with zero attached hydrogens (tertiary/aromatic N) is 3. The molecule has 110 valence electrons. The monoisotopic (exact) mass is 325 g/mol. The van der Waals surface area contributed by atoms with Crippen LogP contribution >= 0.6 is 12.6 Å². The van der Waals surface area contributed by atoms with Crippen LogP contribution in [0.5, 0.6) is 0 Å². The molecule has 0 N–H and O–H groups in total. The van der Waals surface area contributed by atoms with Crippen molar-refractivity contribution < 1.29 is 4.79 Å². The van der Waals surface area contributed by atoms with E-state index in [9.17, 15) is 4.79 Å². The number of hydrogen-bond donors (Lipinski definition) is 1. The van der Waals surface area contributed by atoms with Gasteiger partial charge in [0.25, 0.3) is 5.12 Å². The van der Waals surface area contributed by atoms with E-state index in [1.807, 2.05) is 6.20 Å². The molecule has 1 saturated heterocycles. The van der Waals surface area contributed by atoms with Crippen LogP contribution in [0.2, 0.25) is 38.3 Å². The number of aromatic nitrogens is 2. The quantitative estimate of drug-likeness (QED) is 0.684. The largest absolute Gasteiger partial charge is 0.421 e. The second-order valence-corrected chi connectivity index (χ2v) is 16.6. The highest BCUT2D eigenvalue weighted by atomic mass is 32.1. The van der Waals surface area contributed by atoms with E-state index in [4.69, 9.17) is 0 Å². The lowest BCUT2D eigenvalue weighted by atomic mass is 10.3. The summed E-state index contributed by atoms with van der Waals surface area (Å²) >= 11 is 3.83. The van der Waals surface area contributed by atoms with Crippen molar-refractivity contribution in [1.82, 2.24) is 9.97 Å². The van der Waals surface area contributed by atoms with Crippen molar-refractivity contribution >= 4 is 39.9 Å². The predicted octanol–water partition coefficient (Wildman–Crippen LogP) is 3.34. The molecule has 0 aliphatic carbocycles. The van der Waals surface area contributed by atoms with Gasteiger partial charge in [-0.1, -0.05) is 45.7 Å². The van der Waals surface area contributed by atoms with Crippen molar-refractivity contribution in [2.45, 2.75) is 51.6 Å². The number of rotatable bonds is 3. The Bertz CT molecular complexity index is 532. The van der Waals surface area contributed by atoms with Gasteiger partial charge in [0.15, 0.2) is 0 Å². The summed E-state index contributed by atoms with van der Waals surface area (Å²) in [5, 5.41) is -0.360. The lowest BCUT2D eigenvalue weighted by Gasteiger charge is -2.41. The van der Waals surface area contributed by atoms with Crippen molar-refractivity contribution in [2.75, 3.05) is 4.23 Å². The van der Waals surface area contributed by atoms with Crippen LogP contribution in [-0.2, 0) is 6.42 Å². The van der Waals surface area contributed by atoms with Gasteiger partial charge in [0, 0.05) is 0 Å². The summed E-state index contributed by atoms with van der Waals surface area (Å²) in [6.07, 6.45) is 2.67. The first-order valence-electron chi connectivity index (χ1n) is 7.08. The van der Waals surface area contributed by atoms with Gasteiger partial charge in [0.2, 0.25) is 5.82 Å². The minimum Gasteiger partial charge on any atom is -0.421 e. The molecule has 2 rings (SSSR count). The molecule has 1 fully saturated rings. The lowest BCUT2D eigenvalue weighted by Crippen LogP contribution is -2.55. The van der Waals surface area contributed by atoms with Crippen LogP contribution in [0.3, 0.4) is 0 Å². The van der Waals surface area contributed by atoms with Crippen LogP contribution in [0.1, 0.15) is 23.2 Å². The second-order valence-electron chi connectivity index (χ2n) is 6.64. The molecule has 7 heteroatoms. The molecule has 1 aliphatic heterocycles. The van der Waals surface area contributed by atoms with Crippen molar-refractivity contribution in [3.8, 4) is 0 Å². The molecule has 1 aromatic rings. The SMILES string of the molecule is CCc1nc(C(=O)S)ncc1N1[Si](C)(C)CC[Si]1(C)C. The normalized spacial score (nSPS) is 20.2. The first kappa shape index (κ1) is 15.7. The first-order valence-corrected chi connectivity index (χ1v) is 13.8. The maximum absolute atomic E-state index is 11.3. The van der Waals surface area contributed by atoms with Crippen molar-refractivity contribution in [1.29, 1.82) is 0 Å². The van der Waals surface area contributed by atoms with E-state index in [2.05, 4.69) is 59.9 Å². The lowest BCUT2D eigenvalue weighted by molar-refractivity contribution is 0.108. The average molecular weight is 326 g/mol. The van der Waals surface area contributed by atoms with E-state index in [-0.39, 0.29) is 10.9 Å². The topological polar surface area (TPSA) is 46.1 Å². The molecule has 1 aliphatic rings. The molecule has 0 saturated carbocycles. The fourth-order valence-corrected chi connectivity index (χ4v) is 17.6. The zero-order valence-corrected chi connectivity index (χ0v) is 15.8. The third kappa shape index (κ3) is 2.71. The summed E-state index contributed by atoms with van der Waals surface area (Å²) in [6.45, 7) is 11.8. The number of carbonyl (C=O) groups is 1. The number of carbonyl (C=O) groups excluding carboxylic acids is 1. The molecule has 0 atom stereocenters. The Balaban J connectivity index is 2.54. The maximum Gasteiger partial charge on any atom is 0.253 e. The average Bonchev–Trinajstić information content (AvgIpc) is 2.58. The Hall–Kier alpha value is -0.666. The van der Waals surface area contributed by atoms with E-state index in [1.54, 1.807) is 0 Å². The van der Waals surface area contributed by atoms with Crippen LogP contribution in [0.25, 0.3) is 0 Å². The van der Waals surface area contributed by atoms with Crippen molar-refractivity contribution in [2.24, 2.45) is 0 Å². The van der Waals surface area contributed by atoms with Crippen LogP contribution in [0.15, 0.2) is 6.20 Å². The van der Waals surface area contributed by atoms with Gasteiger partial charge in [0.05, 0.1) is 17.6 Å². The highest BCUT2D eigenvalue weighted by Gasteiger charge is 2.48. The fourth-order valence-electron chi connectivity index (χ4n) is 3.27. The van der Waals surface area contributed by atoms with Gasteiger partial charge in [-0.3, -0.25) is 4.79 Å². The standard InChI is InChI=1S/C13H23N3OSSi2/c1-6-10-11(9-14-12(15-10)13(17)18)16-19(2,3)7-8-20(16,4)5/h9H,6-8H2,1-5H3,(H,17,18). The summed E-state index contributed by atoms with van der Waals surface area (Å²) in [6, 6.07) is 2.67. The van der Waals surface area contributed by atoms with E-state index in [0.717, 1.165) is 17.8 Å². The second kappa shape index (κ2) is 5.27. The van der Waals surface area contributed by atoms with Crippen molar-refractivity contribution in [3.63, 3.8) is 0 Å². The highest BCUT2D eigenvalue weighted by molar-refractivity contribution is 7.97. The Labute approximate surface area is 128 Å². The summed E-state index contributed by atoms with van der Waals surface area (Å²) in [5.41, 5.74) is 2.15. The summed E-state index contributed by atoms with van der Waals surface area (Å²) < 4.78 is 2.69. The van der Waals surface area contributed by atoms with E-state index >= 15 is 0 Å². The molecule has 20 heavy (non-hydrogen) atoms. The van der Waals surface area contributed by atoms with Crippen molar-refractivity contribution in [3.05, 3.63) is 17.7 Å². The maximum atomic E-state index is 11.3. The van der Waals surface area contributed by atoms with E-state index in [1.165, 1.54) is 12.1 Å². The molecular formula is C13H23N3OSSi2. The minimum absolute atomic E-state index is 0.215. The molecule has 0 aromatic carbocycles. The highest BCUT2D eigenvalue weighted by Crippen LogP contribution is 2.41. The Morgan fingerprint density at radius 2 is 1.85 bits per heavy atom. The molecule has 0 spiro atoms. The van der Waals surface area contributed by atoms with Gasteiger partial charge in [-0.2, -0.15) is 0 Å².